The van der Waals surface area contributed by atoms with Gasteiger partial charge in [0.1, 0.15) is 0 Å². The first-order valence-electron chi connectivity index (χ1n) is 6.12. The first-order valence-corrected chi connectivity index (χ1v) is 6.50. The van der Waals surface area contributed by atoms with Crippen LogP contribution in [0.2, 0.25) is 5.02 Å². The van der Waals surface area contributed by atoms with E-state index in [1.54, 1.807) is 13.0 Å². The van der Waals surface area contributed by atoms with Crippen LogP contribution in [0.4, 0.5) is 0 Å². The summed E-state index contributed by atoms with van der Waals surface area (Å²) in [6.45, 7) is 3.49. The second-order valence-electron chi connectivity index (χ2n) is 4.50. The smallest absolute Gasteiger partial charge is 0.152 e. The van der Waals surface area contributed by atoms with Gasteiger partial charge in [-0.25, -0.2) is 0 Å². The van der Waals surface area contributed by atoms with Crippen molar-refractivity contribution < 1.29 is 4.79 Å². The minimum absolute atomic E-state index is 0.0627. The van der Waals surface area contributed by atoms with E-state index in [1.165, 1.54) is 0 Å². The van der Waals surface area contributed by atoms with E-state index in [0.717, 1.165) is 27.3 Å². The topological polar surface area (TPSA) is 17.1 Å². The van der Waals surface area contributed by atoms with Crippen molar-refractivity contribution in [2.24, 2.45) is 0 Å². The number of halogens is 1. The van der Waals surface area contributed by atoms with E-state index in [2.05, 4.69) is 0 Å². The van der Waals surface area contributed by atoms with Crippen LogP contribution >= 0.6 is 11.6 Å². The second-order valence-corrected chi connectivity index (χ2v) is 4.90. The van der Waals surface area contributed by atoms with Gasteiger partial charge in [-0.1, -0.05) is 54.1 Å². The summed E-state index contributed by atoms with van der Waals surface area (Å²) in [5.41, 5.74) is 4.11. The third kappa shape index (κ3) is 3.33. The molecule has 0 aliphatic carbocycles. The lowest BCUT2D eigenvalue weighted by Gasteiger charge is -2.06. The van der Waals surface area contributed by atoms with Crippen molar-refractivity contribution in [1.82, 2.24) is 0 Å². The number of carbonyl (C=O) groups is 1. The fourth-order valence-corrected chi connectivity index (χ4v) is 2.24. The minimum atomic E-state index is 0.0627. The molecule has 0 N–H and O–H groups in total. The highest BCUT2D eigenvalue weighted by atomic mass is 35.5. The summed E-state index contributed by atoms with van der Waals surface area (Å²) in [6, 6.07) is 15.8. The summed E-state index contributed by atoms with van der Waals surface area (Å²) in [7, 11) is 0. The van der Waals surface area contributed by atoms with Crippen LogP contribution in [-0.4, -0.2) is 5.78 Å². The van der Waals surface area contributed by atoms with Crippen LogP contribution in [0.1, 0.15) is 19.4 Å². The van der Waals surface area contributed by atoms with Crippen LogP contribution in [0, 0.1) is 0 Å². The lowest BCUT2D eigenvalue weighted by molar-refractivity contribution is -0.112. The van der Waals surface area contributed by atoms with Gasteiger partial charge in [0.2, 0.25) is 0 Å². The Morgan fingerprint density at radius 2 is 1.63 bits per heavy atom. The molecule has 2 aromatic carbocycles. The Morgan fingerprint density at radius 3 is 2.21 bits per heavy atom. The van der Waals surface area contributed by atoms with Gasteiger partial charge < -0.3 is 0 Å². The molecule has 0 saturated carbocycles. The fourth-order valence-electron chi connectivity index (χ4n) is 2.00. The molecule has 2 heteroatoms. The molecule has 0 aromatic heterocycles. The van der Waals surface area contributed by atoms with Crippen molar-refractivity contribution in [3.63, 3.8) is 0 Å². The summed E-state index contributed by atoms with van der Waals surface area (Å²) < 4.78 is 0. The Kier molecular flexibility index (Phi) is 4.18. The molecule has 0 heterocycles. The predicted molar refractivity (Wildman–Crippen MR) is 81.2 cm³/mol. The summed E-state index contributed by atoms with van der Waals surface area (Å²) in [5, 5.41) is 0.742. The number of hydrogen-bond acceptors (Lipinski definition) is 1. The van der Waals surface area contributed by atoms with E-state index in [0.29, 0.717) is 0 Å². The molecule has 2 rings (SSSR count). The highest BCUT2D eigenvalue weighted by Crippen LogP contribution is 2.28. The van der Waals surface area contributed by atoms with Crippen LogP contribution in [0.25, 0.3) is 16.7 Å². The van der Waals surface area contributed by atoms with Gasteiger partial charge in [0.05, 0.1) is 0 Å². The lowest BCUT2D eigenvalue weighted by Crippen LogP contribution is -1.87. The van der Waals surface area contributed by atoms with E-state index in [4.69, 9.17) is 11.6 Å². The third-order valence-electron chi connectivity index (χ3n) is 2.94. The Labute approximate surface area is 118 Å². The number of rotatable bonds is 3. The fraction of sp³-hybridized carbons (Fsp3) is 0.118. The van der Waals surface area contributed by atoms with Crippen LogP contribution in [0.15, 0.2) is 54.6 Å². The quantitative estimate of drug-likeness (QED) is 0.718. The van der Waals surface area contributed by atoms with E-state index >= 15 is 0 Å². The molecule has 1 nitrogen and oxygen atoms in total. The van der Waals surface area contributed by atoms with Crippen molar-refractivity contribution in [2.45, 2.75) is 13.8 Å². The van der Waals surface area contributed by atoms with Crippen molar-refractivity contribution in [2.75, 3.05) is 0 Å². The standard InChI is InChI=1S/C17H15ClO/c1-12(11-13(2)19)14-7-9-15(10-8-14)16-5-3-4-6-17(16)18/h3-11H,1-2H3/b12-11-. The monoisotopic (exact) mass is 270 g/mol. The van der Waals surface area contributed by atoms with Crippen molar-refractivity contribution in [1.29, 1.82) is 0 Å². The van der Waals surface area contributed by atoms with E-state index in [9.17, 15) is 4.79 Å². The average molecular weight is 271 g/mol. The molecule has 2 aromatic rings. The normalized spacial score (nSPS) is 11.4. The first-order chi connectivity index (χ1) is 9.08. The second kappa shape index (κ2) is 5.85. The van der Waals surface area contributed by atoms with Gasteiger partial charge in [-0.05, 0) is 42.7 Å². The molecule has 0 aliphatic rings. The van der Waals surface area contributed by atoms with Crippen LogP contribution < -0.4 is 0 Å². The van der Waals surface area contributed by atoms with Crippen molar-refractivity contribution >= 4 is 23.0 Å². The summed E-state index contributed by atoms with van der Waals surface area (Å²) in [4.78, 5) is 11.1. The summed E-state index contributed by atoms with van der Waals surface area (Å²) in [6.07, 6.45) is 1.64. The van der Waals surface area contributed by atoms with Crippen molar-refractivity contribution in [3.05, 3.63) is 65.2 Å². The molecule has 0 spiro atoms. The molecular formula is C17H15ClO. The van der Waals surface area contributed by atoms with E-state index in [1.807, 2.05) is 55.5 Å². The molecule has 0 unspecified atom stereocenters. The van der Waals surface area contributed by atoms with Gasteiger partial charge in [-0.15, -0.1) is 0 Å². The van der Waals surface area contributed by atoms with Gasteiger partial charge in [-0.2, -0.15) is 0 Å². The van der Waals surface area contributed by atoms with Gasteiger partial charge >= 0.3 is 0 Å². The number of carbonyl (C=O) groups excluding carboxylic acids is 1. The lowest BCUT2D eigenvalue weighted by atomic mass is 10.0. The van der Waals surface area contributed by atoms with Gasteiger partial charge in [0.15, 0.2) is 5.78 Å². The first kappa shape index (κ1) is 13.6. The van der Waals surface area contributed by atoms with Gasteiger partial charge in [0, 0.05) is 10.6 Å². The maximum Gasteiger partial charge on any atom is 0.152 e. The minimum Gasteiger partial charge on any atom is -0.295 e. The van der Waals surface area contributed by atoms with E-state index in [-0.39, 0.29) is 5.78 Å². The molecule has 0 aliphatic heterocycles. The molecule has 19 heavy (non-hydrogen) atoms. The average Bonchev–Trinajstić information content (AvgIpc) is 2.39. The number of hydrogen-bond donors (Lipinski definition) is 0. The largest absolute Gasteiger partial charge is 0.295 e. The van der Waals surface area contributed by atoms with E-state index < -0.39 is 0 Å². The number of benzene rings is 2. The molecule has 0 bridgehead atoms. The Bertz CT molecular complexity index is 624. The maximum absolute atomic E-state index is 11.1. The zero-order chi connectivity index (χ0) is 13.8. The Hall–Kier alpha value is -1.86. The third-order valence-corrected chi connectivity index (χ3v) is 3.27. The number of ketones is 1. The van der Waals surface area contributed by atoms with Gasteiger partial charge in [0.25, 0.3) is 0 Å². The zero-order valence-electron chi connectivity index (χ0n) is 11.0. The van der Waals surface area contributed by atoms with Crippen LogP contribution in [-0.2, 0) is 4.79 Å². The zero-order valence-corrected chi connectivity index (χ0v) is 11.7. The van der Waals surface area contributed by atoms with Gasteiger partial charge in [-0.3, -0.25) is 4.79 Å². The SMILES string of the molecule is CC(=O)/C=C(/C)c1ccc(-c2ccccc2Cl)cc1. The number of allylic oxidation sites excluding steroid dienone is 2. The molecule has 0 saturated heterocycles. The highest BCUT2D eigenvalue weighted by Gasteiger charge is 2.03. The molecule has 0 atom stereocenters. The summed E-state index contributed by atoms with van der Waals surface area (Å²) in [5.74, 6) is 0.0627. The molecule has 96 valence electrons. The predicted octanol–water partition coefficient (Wildman–Crippen LogP) is 5.00. The Balaban J connectivity index is 2.34. The van der Waals surface area contributed by atoms with Crippen LogP contribution in [0.5, 0.6) is 0 Å². The molecular weight excluding hydrogens is 256 g/mol. The highest BCUT2D eigenvalue weighted by molar-refractivity contribution is 6.33. The molecule has 0 fully saturated rings. The maximum atomic E-state index is 11.1. The Morgan fingerprint density at radius 1 is 1.00 bits per heavy atom. The molecule has 0 radical (unpaired) electrons. The molecule has 0 amide bonds. The summed E-state index contributed by atoms with van der Waals surface area (Å²) >= 11 is 6.17. The van der Waals surface area contributed by atoms with Crippen LogP contribution in [0.3, 0.4) is 0 Å². The van der Waals surface area contributed by atoms with Crippen molar-refractivity contribution in [3.8, 4) is 11.1 Å².